The highest BCUT2D eigenvalue weighted by Crippen LogP contribution is 2.31. The third kappa shape index (κ3) is 4.64. The number of hydrogen-bond donors (Lipinski definition) is 2. The fourth-order valence-electron chi connectivity index (χ4n) is 2.44. The highest BCUT2D eigenvalue weighted by Gasteiger charge is 2.33. The second-order valence-corrected chi connectivity index (χ2v) is 7.48. The van der Waals surface area contributed by atoms with E-state index in [1.807, 2.05) is 43.3 Å². The van der Waals surface area contributed by atoms with Gasteiger partial charge in [-0.3, -0.25) is 15.0 Å². The largest absolute Gasteiger partial charge is 0.508 e. The summed E-state index contributed by atoms with van der Waals surface area (Å²) in [6.45, 7) is 1.89. The normalized spacial score (nSPS) is 16.1. The number of rotatable bonds is 4. The first-order chi connectivity index (χ1) is 12.9. The molecule has 2 amide bonds. The zero-order valence-electron chi connectivity index (χ0n) is 14.4. The van der Waals surface area contributed by atoms with E-state index in [0.717, 1.165) is 27.9 Å². The van der Waals surface area contributed by atoms with Crippen LogP contribution in [0.5, 0.6) is 5.75 Å². The van der Waals surface area contributed by atoms with E-state index < -0.39 is 5.91 Å². The summed E-state index contributed by atoms with van der Waals surface area (Å²) >= 11 is 6.34. The Morgan fingerprint density at radius 1 is 1.19 bits per heavy atom. The molecule has 0 aromatic heterocycles. The first kappa shape index (κ1) is 18.9. The lowest BCUT2D eigenvalue weighted by Gasteiger charge is -2.15. The number of aromatic hydroxyl groups is 1. The van der Waals surface area contributed by atoms with Crippen molar-refractivity contribution in [2.45, 2.75) is 6.92 Å². The molecule has 0 unspecified atom stereocenters. The maximum atomic E-state index is 12.6. The molecule has 136 valence electrons. The maximum absolute atomic E-state index is 12.6. The Balaban J connectivity index is 1.75. The summed E-state index contributed by atoms with van der Waals surface area (Å²) in [6.07, 6.45) is 3.70. The number of allylic oxidation sites excluding steroid dienone is 2. The Hall–Kier alpha value is -2.90. The van der Waals surface area contributed by atoms with Crippen molar-refractivity contribution in [2.24, 2.45) is 0 Å². The van der Waals surface area contributed by atoms with Gasteiger partial charge in [0.2, 0.25) is 0 Å². The number of benzene rings is 2. The van der Waals surface area contributed by atoms with Gasteiger partial charge in [-0.05, 0) is 54.6 Å². The van der Waals surface area contributed by atoms with Crippen LogP contribution in [-0.4, -0.2) is 26.3 Å². The third-order valence-electron chi connectivity index (χ3n) is 3.67. The number of nitrogens with one attached hydrogen (secondary N) is 1. The molecule has 0 saturated carbocycles. The molecule has 1 aliphatic heterocycles. The van der Waals surface area contributed by atoms with Crippen LogP contribution in [0.3, 0.4) is 0 Å². The fourth-order valence-corrected chi connectivity index (χ4v) is 3.67. The standard InChI is InChI=1S/C20H16N2O3S2/c1-13(10-14-6-3-2-4-7-14)11-17-19(25)22(20(26)27-17)21-18(24)15-8-5-9-16(23)12-15/h2-12,23H,1H3,(H,21,24)/b13-10-,17-11-. The minimum atomic E-state index is -0.528. The van der Waals surface area contributed by atoms with Crippen LogP contribution >= 0.6 is 24.0 Å². The van der Waals surface area contributed by atoms with Crippen molar-refractivity contribution >= 4 is 46.2 Å². The minimum absolute atomic E-state index is 0.0328. The van der Waals surface area contributed by atoms with Crippen LogP contribution in [0.15, 0.2) is 71.2 Å². The van der Waals surface area contributed by atoms with E-state index in [0.29, 0.717) is 4.91 Å². The molecule has 3 rings (SSSR count). The highest BCUT2D eigenvalue weighted by molar-refractivity contribution is 8.26. The predicted octanol–water partition coefficient (Wildman–Crippen LogP) is 3.88. The Kier molecular flexibility index (Phi) is 5.73. The molecule has 5 nitrogen and oxygen atoms in total. The van der Waals surface area contributed by atoms with Crippen molar-refractivity contribution in [3.05, 3.63) is 82.3 Å². The van der Waals surface area contributed by atoms with Crippen LogP contribution in [0.2, 0.25) is 0 Å². The lowest BCUT2D eigenvalue weighted by Crippen LogP contribution is -2.44. The lowest BCUT2D eigenvalue weighted by atomic mass is 10.1. The van der Waals surface area contributed by atoms with E-state index >= 15 is 0 Å². The van der Waals surface area contributed by atoms with Crippen molar-refractivity contribution < 1.29 is 14.7 Å². The Morgan fingerprint density at radius 2 is 1.93 bits per heavy atom. The van der Waals surface area contributed by atoms with Crippen molar-refractivity contribution in [1.29, 1.82) is 0 Å². The first-order valence-corrected chi connectivity index (χ1v) is 9.28. The predicted molar refractivity (Wildman–Crippen MR) is 111 cm³/mol. The number of thioether (sulfide) groups is 1. The second-order valence-electron chi connectivity index (χ2n) is 5.81. The van der Waals surface area contributed by atoms with E-state index in [9.17, 15) is 14.7 Å². The molecular formula is C20H16N2O3S2. The van der Waals surface area contributed by atoms with Gasteiger partial charge in [0.1, 0.15) is 5.75 Å². The van der Waals surface area contributed by atoms with Gasteiger partial charge in [-0.15, -0.1) is 0 Å². The van der Waals surface area contributed by atoms with Crippen LogP contribution in [-0.2, 0) is 4.79 Å². The first-order valence-electron chi connectivity index (χ1n) is 8.05. The molecule has 1 aliphatic rings. The number of phenolic OH excluding ortho intramolecular Hbond substituents is 1. The SMILES string of the molecule is CC(=C/c1ccccc1)/C=C1\SC(=S)N(NC(=O)c2cccc(O)c2)C1=O. The van der Waals surface area contributed by atoms with Crippen LogP contribution in [0.25, 0.3) is 6.08 Å². The number of hydrazine groups is 1. The van der Waals surface area contributed by atoms with E-state index in [-0.39, 0.29) is 21.5 Å². The Labute approximate surface area is 166 Å². The van der Waals surface area contributed by atoms with Crippen LogP contribution < -0.4 is 5.43 Å². The van der Waals surface area contributed by atoms with Crippen molar-refractivity contribution in [1.82, 2.24) is 10.4 Å². The number of carbonyl (C=O) groups is 2. The molecule has 7 heteroatoms. The van der Waals surface area contributed by atoms with E-state index in [1.165, 1.54) is 18.2 Å². The topological polar surface area (TPSA) is 69.6 Å². The van der Waals surface area contributed by atoms with E-state index in [1.54, 1.807) is 12.1 Å². The van der Waals surface area contributed by atoms with Crippen LogP contribution in [0.1, 0.15) is 22.8 Å². The van der Waals surface area contributed by atoms with Crippen LogP contribution in [0, 0.1) is 0 Å². The number of carbonyl (C=O) groups excluding carboxylic acids is 2. The number of nitrogens with zero attached hydrogens (tertiary/aromatic N) is 1. The Bertz CT molecular complexity index is 968. The smallest absolute Gasteiger partial charge is 0.285 e. The molecule has 2 aromatic rings. The van der Waals surface area contributed by atoms with Gasteiger partial charge in [0.15, 0.2) is 4.32 Å². The molecule has 2 N–H and O–H groups in total. The van der Waals surface area contributed by atoms with Gasteiger partial charge in [-0.1, -0.05) is 54.2 Å². The van der Waals surface area contributed by atoms with Gasteiger partial charge >= 0.3 is 0 Å². The molecular weight excluding hydrogens is 380 g/mol. The van der Waals surface area contributed by atoms with E-state index in [2.05, 4.69) is 5.43 Å². The fraction of sp³-hybridized carbons (Fsp3) is 0.0500. The highest BCUT2D eigenvalue weighted by atomic mass is 32.2. The summed E-state index contributed by atoms with van der Waals surface area (Å²) in [6, 6.07) is 15.6. The van der Waals surface area contributed by atoms with Gasteiger partial charge in [0, 0.05) is 5.56 Å². The molecule has 0 atom stereocenters. The monoisotopic (exact) mass is 396 g/mol. The van der Waals surface area contributed by atoms with Crippen LogP contribution in [0.4, 0.5) is 0 Å². The Morgan fingerprint density at radius 3 is 2.63 bits per heavy atom. The van der Waals surface area contributed by atoms with Gasteiger partial charge in [0.25, 0.3) is 11.8 Å². The maximum Gasteiger partial charge on any atom is 0.285 e. The number of phenols is 1. The minimum Gasteiger partial charge on any atom is -0.508 e. The number of thiocarbonyl (C=S) groups is 1. The summed E-state index contributed by atoms with van der Waals surface area (Å²) in [4.78, 5) is 25.3. The molecule has 0 aliphatic carbocycles. The van der Waals surface area contributed by atoms with Gasteiger partial charge in [-0.25, -0.2) is 0 Å². The second kappa shape index (κ2) is 8.20. The molecule has 0 bridgehead atoms. The molecule has 27 heavy (non-hydrogen) atoms. The quantitative estimate of drug-likeness (QED) is 0.606. The molecule has 1 heterocycles. The van der Waals surface area contributed by atoms with Gasteiger partial charge in [0.05, 0.1) is 4.91 Å². The van der Waals surface area contributed by atoms with Gasteiger partial charge < -0.3 is 5.11 Å². The molecule has 0 radical (unpaired) electrons. The van der Waals surface area contributed by atoms with Crippen molar-refractivity contribution in [3.8, 4) is 5.75 Å². The average molecular weight is 396 g/mol. The molecule has 0 spiro atoms. The molecule has 1 fully saturated rings. The third-order valence-corrected chi connectivity index (χ3v) is 4.97. The summed E-state index contributed by atoms with van der Waals surface area (Å²) in [5.41, 5.74) is 4.63. The average Bonchev–Trinajstić information content (AvgIpc) is 2.89. The molecule has 1 saturated heterocycles. The van der Waals surface area contributed by atoms with Crippen molar-refractivity contribution in [3.63, 3.8) is 0 Å². The summed E-state index contributed by atoms with van der Waals surface area (Å²) in [5, 5.41) is 10.5. The zero-order chi connectivity index (χ0) is 19.4. The summed E-state index contributed by atoms with van der Waals surface area (Å²) < 4.78 is 0.243. The van der Waals surface area contributed by atoms with Crippen molar-refractivity contribution in [2.75, 3.05) is 0 Å². The van der Waals surface area contributed by atoms with Gasteiger partial charge in [-0.2, -0.15) is 5.01 Å². The zero-order valence-corrected chi connectivity index (χ0v) is 16.0. The van der Waals surface area contributed by atoms with E-state index in [4.69, 9.17) is 12.2 Å². The summed E-state index contributed by atoms with van der Waals surface area (Å²) in [7, 11) is 0. The lowest BCUT2D eigenvalue weighted by molar-refractivity contribution is -0.123. The molecule has 2 aromatic carbocycles. The number of hydrogen-bond acceptors (Lipinski definition) is 5. The number of amides is 2. The summed E-state index contributed by atoms with van der Waals surface area (Å²) in [5.74, 6) is -0.950.